The summed E-state index contributed by atoms with van der Waals surface area (Å²) in [5, 5.41) is 13.3. The summed E-state index contributed by atoms with van der Waals surface area (Å²) in [6.07, 6.45) is 2.22. The Morgan fingerprint density at radius 3 is 2.71 bits per heavy atom. The van der Waals surface area contributed by atoms with Gasteiger partial charge in [-0.1, -0.05) is 11.6 Å². The number of nitrogens with one attached hydrogen (secondary N) is 1. The van der Waals surface area contributed by atoms with Gasteiger partial charge in [0.15, 0.2) is 0 Å². The maximum absolute atomic E-state index is 13.4. The molecule has 1 aliphatic rings. The van der Waals surface area contributed by atoms with Gasteiger partial charge in [0.2, 0.25) is 5.91 Å². The number of halogens is 2. The Morgan fingerprint density at radius 1 is 1.43 bits per heavy atom. The monoisotopic (exact) mass is 315 g/mol. The average Bonchev–Trinajstić information content (AvgIpc) is 2.96. The normalized spacial score (nSPS) is 14.3. The van der Waals surface area contributed by atoms with Gasteiger partial charge in [-0.05, 0) is 12.8 Å². The first kappa shape index (κ1) is 15.5. The van der Waals surface area contributed by atoms with Crippen molar-refractivity contribution in [3.63, 3.8) is 0 Å². The largest absolute Gasteiger partial charge is 0.379 e. The maximum atomic E-state index is 13.4. The van der Waals surface area contributed by atoms with Crippen LogP contribution >= 0.6 is 11.6 Å². The van der Waals surface area contributed by atoms with Gasteiger partial charge < -0.3 is 10.2 Å². The van der Waals surface area contributed by atoms with E-state index >= 15 is 0 Å². The van der Waals surface area contributed by atoms with Crippen LogP contribution in [0.25, 0.3) is 0 Å². The second-order valence-corrected chi connectivity index (χ2v) is 5.21. The van der Waals surface area contributed by atoms with E-state index in [-0.39, 0.29) is 35.3 Å². The van der Waals surface area contributed by atoms with Crippen LogP contribution in [0.2, 0.25) is 5.02 Å². The van der Waals surface area contributed by atoms with Crippen molar-refractivity contribution < 1.29 is 14.1 Å². The second-order valence-electron chi connectivity index (χ2n) is 4.81. The summed E-state index contributed by atoms with van der Waals surface area (Å²) in [7, 11) is 0. The first-order chi connectivity index (χ1) is 9.99. The number of carbonyl (C=O) groups is 1. The number of rotatable bonds is 5. The fraction of sp³-hybridized carbons (Fsp3) is 0.462. The Bertz CT molecular complexity index is 562. The van der Waals surface area contributed by atoms with Crippen LogP contribution in [0.1, 0.15) is 19.3 Å². The molecule has 8 heteroatoms. The highest BCUT2D eigenvalue weighted by Gasteiger charge is 2.20. The van der Waals surface area contributed by atoms with Gasteiger partial charge in [-0.25, -0.2) is 4.39 Å². The first-order valence-corrected chi connectivity index (χ1v) is 7.02. The molecule has 0 unspecified atom stereocenters. The number of anilines is 1. The van der Waals surface area contributed by atoms with Crippen molar-refractivity contribution in [3.8, 4) is 0 Å². The molecule has 0 aromatic heterocycles. The summed E-state index contributed by atoms with van der Waals surface area (Å²) in [4.78, 5) is 23.9. The lowest BCUT2D eigenvalue weighted by molar-refractivity contribution is -0.384. The Balaban J connectivity index is 1.97. The van der Waals surface area contributed by atoms with Crippen molar-refractivity contribution in [1.82, 2.24) is 4.90 Å². The summed E-state index contributed by atoms with van der Waals surface area (Å²) in [6.45, 7) is 1.72. The van der Waals surface area contributed by atoms with Crippen molar-refractivity contribution >= 4 is 28.9 Å². The molecule has 1 aromatic rings. The molecular formula is C13H15ClFN3O3. The molecule has 1 heterocycles. The highest BCUT2D eigenvalue weighted by Crippen LogP contribution is 2.30. The zero-order valence-corrected chi connectivity index (χ0v) is 12.0. The third-order valence-electron chi connectivity index (χ3n) is 3.35. The van der Waals surface area contributed by atoms with Crippen LogP contribution in [0.4, 0.5) is 15.8 Å². The number of hydrogen-bond acceptors (Lipinski definition) is 4. The number of benzene rings is 1. The van der Waals surface area contributed by atoms with Crippen molar-refractivity contribution in [1.29, 1.82) is 0 Å². The number of likely N-dealkylation sites (tertiary alicyclic amines) is 1. The fourth-order valence-electron chi connectivity index (χ4n) is 2.26. The van der Waals surface area contributed by atoms with Gasteiger partial charge in [0.05, 0.1) is 9.95 Å². The Labute approximate surface area is 126 Å². The van der Waals surface area contributed by atoms with Crippen LogP contribution in [0.15, 0.2) is 12.1 Å². The summed E-state index contributed by atoms with van der Waals surface area (Å²) < 4.78 is 13.4. The topological polar surface area (TPSA) is 75.5 Å². The Hall–Kier alpha value is -1.89. The van der Waals surface area contributed by atoms with Crippen LogP contribution < -0.4 is 5.32 Å². The third kappa shape index (κ3) is 3.81. The third-order valence-corrected chi connectivity index (χ3v) is 3.64. The van der Waals surface area contributed by atoms with Crippen LogP contribution in [0.3, 0.4) is 0 Å². The molecule has 1 amide bonds. The smallest absolute Gasteiger partial charge is 0.294 e. The average molecular weight is 316 g/mol. The molecule has 114 valence electrons. The summed E-state index contributed by atoms with van der Waals surface area (Å²) in [6, 6.07) is 1.93. The van der Waals surface area contributed by atoms with Crippen molar-refractivity contribution in [2.45, 2.75) is 19.3 Å². The van der Waals surface area contributed by atoms with Gasteiger partial charge in [0.1, 0.15) is 11.5 Å². The fourth-order valence-corrected chi connectivity index (χ4v) is 2.42. The molecule has 1 N–H and O–H groups in total. The van der Waals surface area contributed by atoms with Gasteiger partial charge in [-0.3, -0.25) is 14.9 Å². The molecular weight excluding hydrogens is 301 g/mol. The minimum Gasteiger partial charge on any atom is -0.379 e. The van der Waals surface area contributed by atoms with Crippen molar-refractivity contribution in [2.75, 3.05) is 25.0 Å². The number of nitro groups is 1. The minimum atomic E-state index is -0.740. The number of nitrogens with zero attached hydrogens (tertiary/aromatic N) is 2. The number of amides is 1. The molecule has 1 saturated heterocycles. The molecule has 0 radical (unpaired) electrons. The van der Waals surface area contributed by atoms with Gasteiger partial charge in [0, 0.05) is 38.2 Å². The number of carbonyl (C=O) groups excluding carboxylic acids is 1. The predicted octanol–water partition coefficient (Wildman–Crippen LogP) is 2.81. The maximum Gasteiger partial charge on any atom is 0.294 e. The summed E-state index contributed by atoms with van der Waals surface area (Å²) in [5.41, 5.74) is -0.286. The molecule has 2 rings (SSSR count). The summed E-state index contributed by atoms with van der Waals surface area (Å²) in [5.74, 6) is -0.743. The standard InChI is InChI=1S/C13H15ClFN3O3/c14-9-7-12(18(20)21)11(8-10(9)15)16-4-3-13(19)17-5-1-2-6-17/h7-8,16H,1-6H2. The van der Waals surface area contributed by atoms with E-state index in [1.54, 1.807) is 4.90 Å². The van der Waals surface area contributed by atoms with Gasteiger partial charge in [-0.15, -0.1) is 0 Å². The number of nitro benzene ring substituents is 1. The molecule has 0 spiro atoms. The second kappa shape index (κ2) is 6.71. The molecule has 0 saturated carbocycles. The van der Waals surface area contributed by atoms with Gasteiger partial charge >= 0.3 is 0 Å². The summed E-state index contributed by atoms with van der Waals surface area (Å²) >= 11 is 5.53. The number of hydrogen-bond donors (Lipinski definition) is 1. The van der Waals surface area contributed by atoms with E-state index in [4.69, 9.17) is 11.6 Å². The zero-order chi connectivity index (χ0) is 15.4. The molecule has 0 bridgehead atoms. The minimum absolute atomic E-state index is 0.00270. The molecule has 0 atom stereocenters. The van der Waals surface area contributed by atoms with Crippen LogP contribution in [0.5, 0.6) is 0 Å². The Kier molecular flexibility index (Phi) is 4.95. The lowest BCUT2D eigenvalue weighted by Gasteiger charge is -2.15. The van der Waals surface area contributed by atoms with E-state index < -0.39 is 10.7 Å². The predicted molar refractivity (Wildman–Crippen MR) is 77.0 cm³/mol. The lowest BCUT2D eigenvalue weighted by Crippen LogP contribution is -2.29. The highest BCUT2D eigenvalue weighted by atomic mass is 35.5. The van der Waals surface area contributed by atoms with E-state index in [0.29, 0.717) is 0 Å². The van der Waals surface area contributed by atoms with E-state index in [1.165, 1.54) is 0 Å². The van der Waals surface area contributed by atoms with Crippen LogP contribution in [0, 0.1) is 15.9 Å². The van der Waals surface area contributed by atoms with E-state index in [0.717, 1.165) is 38.1 Å². The molecule has 1 fully saturated rings. The molecule has 21 heavy (non-hydrogen) atoms. The molecule has 0 aliphatic carbocycles. The van der Waals surface area contributed by atoms with E-state index in [2.05, 4.69) is 5.32 Å². The molecule has 1 aliphatic heterocycles. The van der Waals surface area contributed by atoms with Gasteiger partial charge in [-0.2, -0.15) is 0 Å². The lowest BCUT2D eigenvalue weighted by atomic mass is 10.2. The zero-order valence-electron chi connectivity index (χ0n) is 11.3. The van der Waals surface area contributed by atoms with Crippen LogP contribution in [-0.2, 0) is 4.79 Å². The quantitative estimate of drug-likeness (QED) is 0.669. The van der Waals surface area contributed by atoms with Crippen molar-refractivity contribution in [3.05, 3.63) is 33.1 Å². The van der Waals surface area contributed by atoms with Crippen LogP contribution in [-0.4, -0.2) is 35.4 Å². The highest BCUT2D eigenvalue weighted by molar-refractivity contribution is 6.31. The van der Waals surface area contributed by atoms with Crippen molar-refractivity contribution in [2.24, 2.45) is 0 Å². The van der Waals surface area contributed by atoms with Gasteiger partial charge in [0.25, 0.3) is 5.69 Å². The Morgan fingerprint density at radius 2 is 2.10 bits per heavy atom. The van der Waals surface area contributed by atoms with E-state index in [1.807, 2.05) is 0 Å². The molecule has 1 aromatic carbocycles. The SMILES string of the molecule is O=C(CCNc1cc(F)c(Cl)cc1[N+](=O)[O-])N1CCCC1. The first-order valence-electron chi connectivity index (χ1n) is 6.64. The molecule has 6 nitrogen and oxygen atoms in total. The van der Waals surface area contributed by atoms with E-state index in [9.17, 15) is 19.3 Å².